The molecule has 1 aliphatic carbocycles. The number of carbonyl (C=O) groups is 1. The molecule has 0 spiro atoms. The number of hydrogen-bond acceptors (Lipinski definition) is 2. The van der Waals surface area contributed by atoms with Crippen molar-refractivity contribution in [2.24, 2.45) is 17.8 Å². The molecule has 3 nitrogen and oxygen atoms in total. The predicted octanol–water partition coefficient (Wildman–Crippen LogP) is 3.05. The smallest absolute Gasteiger partial charge is 0.222 e. The summed E-state index contributed by atoms with van der Waals surface area (Å²) in [5.74, 6) is 1.98. The molecule has 1 saturated heterocycles. The van der Waals surface area contributed by atoms with Crippen LogP contribution in [0.4, 0.5) is 0 Å². The quantitative estimate of drug-likeness (QED) is 0.811. The van der Waals surface area contributed by atoms with Crippen molar-refractivity contribution in [2.45, 2.75) is 71.9 Å². The molecule has 3 heteroatoms. The Labute approximate surface area is 124 Å². The van der Waals surface area contributed by atoms with Crippen molar-refractivity contribution >= 4 is 5.91 Å². The van der Waals surface area contributed by atoms with Gasteiger partial charge in [0.25, 0.3) is 0 Å². The fraction of sp³-hybridized carbons (Fsp3) is 0.941. The highest BCUT2D eigenvalue weighted by atomic mass is 16.1. The van der Waals surface area contributed by atoms with Crippen molar-refractivity contribution in [3.8, 4) is 0 Å². The van der Waals surface area contributed by atoms with E-state index in [0.717, 1.165) is 18.4 Å². The lowest BCUT2D eigenvalue weighted by Crippen LogP contribution is -2.54. The number of piperidine rings is 1. The Hall–Kier alpha value is -0.570. The highest BCUT2D eigenvalue weighted by molar-refractivity contribution is 5.78. The molecule has 2 fully saturated rings. The molecule has 3 atom stereocenters. The summed E-state index contributed by atoms with van der Waals surface area (Å²) in [6.45, 7) is 10.9. The Bertz CT molecular complexity index is 325. The maximum Gasteiger partial charge on any atom is 0.222 e. The maximum atomic E-state index is 12.0. The molecule has 1 N–H and O–H groups in total. The normalized spacial score (nSPS) is 29.4. The molecule has 20 heavy (non-hydrogen) atoms. The van der Waals surface area contributed by atoms with Gasteiger partial charge in [-0.1, -0.05) is 27.2 Å². The Balaban J connectivity index is 1.94. The summed E-state index contributed by atoms with van der Waals surface area (Å²) in [6, 6.07) is 1.06. The van der Waals surface area contributed by atoms with Crippen molar-refractivity contribution in [3.63, 3.8) is 0 Å². The summed E-state index contributed by atoms with van der Waals surface area (Å²) >= 11 is 0. The molecule has 0 radical (unpaired) electrons. The third kappa shape index (κ3) is 4.21. The van der Waals surface area contributed by atoms with E-state index in [-0.39, 0.29) is 11.8 Å². The minimum absolute atomic E-state index is 0.0934. The zero-order chi connectivity index (χ0) is 14.7. The van der Waals surface area contributed by atoms with E-state index >= 15 is 0 Å². The average molecular weight is 280 g/mol. The van der Waals surface area contributed by atoms with Crippen LogP contribution in [0.25, 0.3) is 0 Å². The molecule has 0 aromatic carbocycles. The second kappa shape index (κ2) is 6.93. The van der Waals surface area contributed by atoms with E-state index in [2.05, 4.69) is 24.1 Å². The van der Waals surface area contributed by atoms with E-state index in [1.54, 1.807) is 0 Å². The van der Waals surface area contributed by atoms with Crippen LogP contribution in [0.15, 0.2) is 0 Å². The largest absolute Gasteiger partial charge is 0.352 e. The summed E-state index contributed by atoms with van der Waals surface area (Å²) < 4.78 is 0. The molecular formula is C17H32N2O. The zero-order valence-corrected chi connectivity index (χ0v) is 13.7. The number of hydrogen-bond donors (Lipinski definition) is 1. The number of rotatable bonds is 6. The van der Waals surface area contributed by atoms with E-state index in [1.807, 2.05) is 13.8 Å². The molecular weight excluding hydrogens is 248 g/mol. The van der Waals surface area contributed by atoms with Crippen molar-refractivity contribution in [2.75, 3.05) is 13.1 Å². The van der Waals surface area contributed by atoms with Gasteiger partial charge in [0.1, 0.15) is 0 Å². The second-order valence-electron chi connectivity index (χ2n) is 7.28. The van der Waals surface area contributed by atoms with Crippen molar-refractivity contribution in [1.82, 2.24) is 10.2 Å². The van der Waals surface area contributed by atoms with Crippen LogP contribution in [-0.2, 0) is 4.79 Å². The predicted molar refractivity (Wildman–Crippen MR) is 83.5 cm³/mol. The second-order valence-corrected chi connectivity index (χ2v) is 7.28. The van der Waals surface area contributed by atoms with Gasteiger partial charge in [0, 0.05) is 31.1 Å². The van der Waals surface area contributed by atoms with Crippen molar-refractivity contribution in [1.29, 1.82) is 0 Å². The van der Waals surface area contributed by atoms with Crippen LogP contribution in [-0.4, -0.2) is 36.0 Å². The van der Waals surface area contributed by atoms with Crippen LogP contribution in [0.5, 0.6) is 0 Å². The number of nitrogens with zero attached hydrogens (tertiary/aromatic N) is 1. The van der Waals surface area contributed by atoms with Gasteiger partial charge < -0.3 is 5.32 Å². The third-order valence-electron chi connectivity index (χ3n) is 5.01. The topological polar surface area (TPSA) is 32.3 Å². The number of nitrogens with one attached hydrogen (secondary N) is 1. The summed E-state index contributed by atoms with van der Waals surface area (Å²) in [5, 5.41) is 3.27. The van der Waals surface area contributed by atoms with Crippen LogP contribution >= 0.6 is 0 Å². The van der Waals surface area contributed by atoms with Crippen molar-refractivity contribution in [3.05, 3.63) is 0 Å². The summed E-state index contributed by atoms with van der Waals surface area (Å²) in [4.78, 5) is 14.6. The molecule has 1 saturated carbocycles. The van der Waals surface area contributed by atoms with Crippen LogP contribution in [0.3, 0.4) is 0 Å². The molecule has 0 aromatic rings. The number of amides is 1. The molecule has 0 bridgehead atoms. The molecule has 1 heterocycles. The Morgan fingerprint density at radius 1 is 1.25 bits per heavy atom. The standard InChI is InChI=1S/C17H32N2O/c1-5-6-14-9-16(18-17(20)12(2)3)11-19(10-14)13(4)15-7-8-15/h12-16H,5-11H2,1-4H3,(H,18,20). The Morgan fingerprint density at radius 2 is 1.95 bits per heavy atom. The Morgan fingerprint density at radius 3 is 2.50 bits per heavy atom. The third-order valence-corrected chi connectivity index (χ3v) is 5.01. The molecule has 1 amide bonds. The molecule has 2 rings (SSSR count). The van der Waals surface area contributed by atoms with Gasteiger partial charge in [-0.2, -0.15) is 0 Å². The van der Waals surface area contributed by atoms with E-state index in [1.165, 1.54) is 38.6 Å². The van der Waals surface area contributed by atoms with Gasteiger partial charge in [0.2, 0.25) is 5.91 Å². The minimum Gasteiger partial charge on any atom is -0.352 e. The van der Waals surface area contributed by atoms with Gasteiger partial charge >= 0.3 is 0 Å². The fourth-order valence-electron chi connectivity index (χ4n) is 3.54. The van der Waals surface area contributed by atoms with E-state index < -0.39 is 0 Å². The van der Waals surface area contributed by atoms with Gasteiger partial charge in [-0.05, 0) is 44.4 Å². The van der Waals surface area contributed by atoms with Gasteiger partial charge in [-0.25, -0.2) is 0 Å². The molecule has 0 aromatic heterocycles. The molecule has 1 aliphatic heterocycles. The van der Waals surface area contributed by atoms with Crippen LogP contribution in [0.2, 0.25) is 0 Å². The van der Waals surface area contributed by atoms with E-state index in [0.29, 0.717) is 12.1 Å². The Kier molecular flexibility index (Phi) is 5.48. The lowest BCUT2D eigenvalue weighted by Gasteiger charge is -2.41. The first-order valence-corrected chi connectivity index (χ1v) is 8.55. The van der Waals surface area contributed by atoms with E-state index in [9.17, 15) is 4.79 Å². The lowest BCUT2D eigenvalue weighted by molar-refractivity contribution is -0.125. The van der Waals surface area contributed by atoms with Gasteiger partial charge in [-0.15, -0.1) is 0 Å². The van der Waals surface area contributed by atoms with Crippen LogP contribution in [0, 0.1) is 17.8 Å². The highest BCUT2D eigenvalue weighted by Crippen LogP contribution is 2.37. The first-order chi connectivity index (χ1) is 9.51. The number of likely N-dealkylation sites (tertiary alicyclic amines) is 1. The van der Waals surface area contributed by atoms with Crippen molar-refractivity contribution < 1.29 is 4.79 Å². The molecule has 2 aliphatic rings. The van der Waals surface area contributed by atoms with Gasteiger partial charge in [0.15, 0.2) is 0 Å². The lowest BCUT2D eigenvalue weighted by atomic mass is 9.89. The van der Waals surface area contributed by atoms with Crippen LogP contribution < -0.4 is 5.32 Å². The van der Waals surface area contributed by atoms with Gasteiger partial charge in [-0.3, -0.25) is 9.69 Å². The molecule has 3 unspecified atom stereocenters. The molecule has 116 valence electrons. The zero-order valence-electron chi connectivity index (χ0n) is 13.7. The fourth-order valence-corrected chi connectivity index (χ4v) is 3.54. The summed E-state index contributed by atoms with van der Waals surface area (Å²) in [6.07, 6.45) is 6.52. The summed E-state index contributed by atoms with van der Waals surface area (Å²) in [5.41, 5.74) is 0. The first-order valence-electron chi connectivity index (χ1n) is 8.55. The number of carbonyl (C=O) groups excluding carboxylic acids is 1. The van der Waals surface area contributed by atoms with Gasteiger partial charge in [0.05, 0.1) is 0 Å². The highest BCUT2D eigenvalue weighted by Gasteiger charge is 2.36. The monoisotopic (exact) mass is 280 g/mol. The summed E-state index contributed by atoms with van der Waals surface area (Å²) in [7, 11) is 0. The average Bonchev–Trinajstić information content (AvgIpc) is 3.22. The minimum atomic E-state index is 0.0934. The van der Waals surface area contributed by atoms with Crippen LogP contribution in [0.1, 0.15) is 59.8 Å². The van der Waals surface area contributed by atoms with E-state index in [4.69, 9.17) is 0 Å². The SMILES string of the molecule is CCCC1CC(NC(=O)C(C)C)CN(C(C)C2CC2)C1. The first kappa shape index (κ1) is 15.8. The maximum absolute atomic E-state index is 12.0.